The molecule has 0 atom stereocenters. The highest BCUT2D eigenvalue weighted by Crippen LogP contribution is 2.18. The summed E-state index contributed by atoms with van der Waals surface area (Å²) >= 11 is 0. The van der Waals surface area contributed by atoms with E-state index in [0.717, 1.165) is 16.5 Å². The first-order valence-corrected chi connectivity index (χ1v) is 6.98. The van der Waals surface area contributed by atoms with E-state index in [4.69, 9.17) is 9.29 Å². The van der Waals surface area contributed by atoms with E-state index in [0.29, 0.717) is 5.88 Å². The highest BCUT2D eigenvalue weighted by atomic mass is 32.2. The number of hydrogen-bond donors (Lipinski definition) is 1. The second kappa shape index (κ2) is 4.91. The molecule has 1 aromatic carbocycles. The molecule has 0 unspecified atom stereocenters. The maximum atomic E-state index is 10.7. The van der Waals surface area contributed by atoms with E-state index < -0.39 is 10.1 Å². The SMILES string of the molecule is COc1ccc2cc(CCS(=O)(=O)O)ccc2n1. The van der Waals surface area contributed by atoms with Crippen LogP contribution in [0.3, 0.4) is 0 Å². The van der Waals surface area contributed by atoms with Crippen LogP contribution in [0.25, 0.3) is 10.9 Å². The molecular weight excluding hydrogens is 254 g/mol. The lowest BCUT2D eigenvalue weighted by Gasteiger charge is -2.04. The number of aryl methyl sites for hydroxylation is 1. The van der Waals surface area contributed by atoms with Gasteiger partial charge >= 0.3 is 0 Å². The van der Waals surface area contributed by atoms with E-state index in [9.17, 15) is 8.42 Å². The summed E-state index contributed by atoms with van der Waals surface area (Å²) in [5.41, 5.74) is 1.62. The van der Waals surface area contributed by atoms with Gasteiger partial charge in [-0.3, -0.25) is 4.55 Å². The molecule has 0 radical (unpaired) electrons. The summed E-state index contributed by atoms with van der Waals surface area (Å²) in [5, 5.41) is 0.906. The van der Waals surface area contributed by atoms with Crippen molar-refractivity contribution in [2.45, 2.75) is 6.42 Å². The Hall–Kier alpha value is -1.66. The molecule has 18 heavy (non-hydrogen) atoms. The van der Waals surface area contributed by atoms with Crippen molar-refractivity contribution in [3.05, 3.63) is 35.9 Å². The molecule has 2 aromatic rings. The van der Waals surface area contributed by atoms with Crippen molar-refractivity contribution in [2.75, 3.05) is 12.9 Å². The molecule has 0 saturated carbocycles. The van der Waals surface area contributed by atoms with Gasteiger partial charge in [0.2, 0.25) is 5.88 Å². The summed E-state index contributed by atoms with van der Waals surface area (Å²) in [7, 11) is -2.37. The number of hydrogen-bond acceptors (Lipinski definition) is 4. The number of fused-ring (bicyclic) bond motifs is 1. The molecule has 0 bridgehead atoms. The van der Waals surface area contributed by atoms with Crippen LogP contribution in [0.5, 0.6) is 5.88 Å². The third-order valence-electron chi connectivity index (χ3n) is 2.59. The number of pyridine rings is 1. The topological polar surface area (TPSA) is 76.5 Å². The zero-order chi connectivity index (χ0) is 13.2. The third kappa shape index (κ3) is 3.18. The smallest absolute Gasteiger partial charge is 0.265 e. The lowest BCUT2D eigenvalue weighted by molar-refractivity contribution is 0.399. The Balaban J connectivity index is 2.28. The van der Waals surface area contributed by atoms with Crippen molar-refractivity contribution in [1.29, 1.82) is 0 Å². The Labute approximate surface area is 105 Å². The predicted octanol–water partition coefficient (Wildman–Crippen LogP) is 1.67. The number of ether oxygens (including phenoxy) is 1. The summed E-state index contributed by atoms with van der Waals surface area (Å²) in [4.78, 5) is 4.25. The fourth-order valence-electron chi connectivity index (χ4n) is 1.67. The van der Waals surface area contributed by atoms with Gasteiger partial charge in [-0.1, -0.05) is 6.07 Å². The Morgan fingerprint density at radius 3 is 2.72 bits per heavy atom. The molecule has 0 aliphatic carbocycles. The van der Waals surface area contributed by atoms with Crippen LogP contribution in [0.2, 0.25) is 0 Å². The molecule has 6 heteroatoms. The van der Waals surface area contributed by atoms with Crippen LogP contribution in [0.15, 0.2) is 30.3 Å². The molecule has 0 fully saturated rings. The number of aromatic nitrogens is 1. The summed E-state index contributed by atoms with van der Waals surface area (Å²) < 4.78 is 35.1. The molecule has 1 N–H and O–H groups in total. The number of benzene rings is 1. The van der Waals surface area contributed by atoms with Gasteiger partial charge in [-0.05, 0) is 30.2 Å². The molecule has 0 amide bonds. The summed E-state index contributed by atoms with van der Waals surface area (Å²) in [5.74, 6) is 0.260. The first-order valence-electron chi connectivity index (χ1n) is 5.37. The minimum absolute atomic E-state index is 0.276. The van der Waals surface area contributed by atoms with Gasteiger partial charge in [-0.2, -0.15) is 8.42 Å². The van der Waals surface area contributed by atoms with E-state index in [1.54, 1.807) is 25.3 Å². The van der Waals surface area contributed by atoms with Gasteiger partial charge < -0.3 is 4.74 Å². The fraction of sp³-hybridized carbons (Fsp3) is 0.250. The normalized spacial score (nSPS) is 11.7. The van der Waals surface area contributed by atoms with E-state index in [2.05, 4.69) is 4.98 Å². The summed E-state index contributed by atoms with van der Waals surface area (Å²) in [6, 6.07) is 9.05. The van der Waals surface area contributed by atoms with E-state index in [1.807, 2.05) is 12.1 Å². The maximum absolute atomic E-state index is 10.7. The van der Waals surface area contributed by atoms with Gasteiger partial charge in [-0.25, -0.2) is 4.98 Å². The van der Waals surface area contributed by atoms with Crippen LogP contribution in [0.4, 0.5) is 0 Å². The first kappa shape index (κ1) is 12.8. The minimum atomic E-state index is -3.92. The Bertz CT molecular complexity index is 667. The predicted molar refractivity (Wildman–Crippen MR) is 68.4 cm³/mol. The lowest BCUT2D eigenvalue weighted by Crippen LogP contribution is -2.06. The maximum Gasteiger partial charge on any atom is 0.265 e. The molecule has 0 aliphatic rings. The van der Waals surface area contributed by atoms with Crippen LogP contribution in [-0.2, 0) is 16.5 Å². The minimum Gasteiger partial charge on any atom is -0.481 e. The summed E-state index contributed by atoms with van der Waals surface area (Å²) in [6.07, 6.45) is 0.279. The third-order valence-corrected chi connectivity index (χ3v) is 3.31. The molecule has 96 valence electrons. The zero-order valence-corrected chi connectivity index (χ0v) is 10.6. The monoisotopic (exact) mass is 267 g/mol. The van der Waals surface area contributed by atoms with Crippen LogP contribution in [0.1, 0.15) is 5.56 Å². The second-order valence-corrected chi connectivity index (χ2v) is 5.49. The van der Waals surface area contributed by atoms with E-state index in [1.165, 1.54) is 0 Å². The zero-order valence-electron chi connectivity index (χ0n) is 9.83. The van der Waals surface area contributed by atoms with Crippen LogP contribution >= 0.6 is 0 Å². The summed E-state index contributed by atoms with van der Waals surface area (Å²) in [6.45, 7) is 0. The number of nitrogens with zero attached hydrogens (tertiary/aromatic N) is 1. The van der Waals surface area contributed by atoms with Crippen molar-refractivity contribution in [3.63, 3.8) is 0 Å². The molecule has 1 heterocycles. The van der Waals surface area contributed by atoms with Crippen molar-refractivity contribution in [3.8, 4) is 5.88 Å². The van der Waals surface area contributed by atoms with Crippen molar-refractivity contribution < 1.29 is 17.7 Å². The van der Waals surface area contributed by atoms with Crippen molar-refractivity contribution >= 4 is 21.0 Å². The van der Waals surface area contributed by atoms with Gasteiger partial charge in [0.15, 0.2) is 0 Å². The van der Waals surface area contributed by atoms with Gasteiger partial charge in [-0.15, -0.1) is 0 Å². The Morgan fingerprint density at radius 2 is 2.06 bits per heavy atom. The molecule has 1 aromatic heterocycles. The molecule has 0 aliphatic heterocycles. The van der Waals surface area contributed by atoms with Crippen molar-refractivity contribution in [2.24, 2.45) is 0 Å². The molecule has 5 nitrogen and oxygen atoms in total. The highest BCUT2D eigenvalue weighted by Gasteiger charge is 2.06. The van der Waals surface area contributed by atoms with E-state index >= 15 is 0 Å². The molecular formula is C12H13NO4S. The standard InChI is InChI=1S/C12H13NO4S/c1-17-12-5-3-10-8-9(2-4-11(10)13-12)6-7-18(14,15)16/h2-5,8H,6-7H2,1H3,(H,14,15,16). The molecule has 0 spiro atoms. The largest absolute Gasteiger partial charge is 0.481 e. The average Bonchev–Trinajstić information content (AvgIpc) is 2.34. The quantitative estimate of drug-likeness (QED) is 0.853. The van der Waals surface area contributed by atoms with Gasteiger partial charge in [0.25, 0.3) is 10.1 Å². The van der Waals surface area contributed by atoms with Gasteiger partial charge in [0.05, 0.1) is 18.4 Å². The fourth-order valence-corrected chi connectivity index (χ4v) is 2.17. The molecule has 0 saturated heterocycles. The number of methoxy groups -OCH3 is 1. The van der Waals surface area contributed by atoms with Gasteiger partial charge in [0.1, 0.15) is 0 Å². The van der Waals surface area contributed by atoms with Gasteiger partial charge in [0, 0.05) is 11.5 Å². The van der Waals surface area contributed by atoms with Crippen LogP contribution < -0.4 is 4.74 Å². The first-order chi connectivity index (χ1) is 8.48. The van der Waals surface area contributed by atoms with Crippen LogP contribution in [-0.4, -0.2) is 30.8 Å². The van der Waals surface area contributed by atoms with E-state index in [-0.39, 0.29) is 12.2 Å². The van der Waals surface area contributed by atoms with Crippen molar-refractivity contribution in [1.82, 2.24) is 4.98 Å². The molecule has 2 rings (SSSR count). The highest BCUT2D eigenvalue weighted by molar-refractivity contribution is 7.85. The van der Waals surface area contributed by atoms with Crippen LogP contribution in [0, 0.1) is 0 Å². The second-order valence-electron chi connectivity index (χ2n) is 3.92. The Morgan fingerprint density at radius 1 is 1.28 bits per heavy atom. The Kier molecular flexibility index (Phi) is 3.49. The average molecular weight is 267 g/mol. The lowest BCUT2D eigenvalue weighted by atomic mass is 10.1. The number of rotatable bonds is 4.